The van der Waals surface area contributed by atoms with Gasteiger partial charge >= 0.3 is 0 Å². The smallest absolute Gasteiger partial charge is 0.280 e. The van der Waals surface area contributed by atoms with Gasteiger partial charge < -0.3 is 4.74 Å². The van der Waals surface area contributed by atoms with Gasteiger partial charge in [-0.05, 0) is 32.3 Å². The lowest BCUT2D eigenvalue weighted by Crippen LogP contribution is -2.25. The zero-order valence-corrected chi connectivity index (χ0v) is 13.0. The van der Waals surface area contributed by atoms with Crippen LogP contribution in [0.1, 0.15) is 32.2 Å². The van der Waals surface area contributed by atoms with Gasteiger partial charge in [-0.2, -0.15) is 18.5 Å². The van der Waals surface area contributed by atoms with Crippen LogP contribution < -0.4 is 9.46 Å². The highest BCUT2D eigenvalue weighted by Gasteiger charge is 2.28. The summed E-state index contributed by atoms with van der Waals surface area (Å²) in [6.45, 7) is 2.25. The Labute approximate surface area is 128 Å². The van der Waals surface area contributed by atoms with Crippen molar-refractivity contribution in [3.8, 4) is 5.88 Å². The third kappa shape index (κ3) is 2.89. The maximum Gasteiger partial charge on any atom is 0.280 e. The van der Waals surface area contributed by atoms with Crippen molar-refractivity contribution in [3.05, 3.63) is 24.7 Å². The van der Waals surface area contributed by atoms with Gasteiger partial charge in [0.15, 0.2) is 10.8 Å². The minimum absolute atomic E-state index is 0.118. The van der Waals surface area contributed by atoms with Crippen molar-refractivity contribution in [1.82, 2.24) is 19.7 Å². The number of ether oxygens (including phenoxy) is 1. The zero-order valence-electron chi connectivity index (χ0n) is 12.1. The predicted molar refractivity (Wildman–Crippen MR) is 79.1 cm³/mol. The maximum atomic E-state index is 12.5. The summed E-state index contributed by atoms with van der Waals surface area (Å²) in [4.78, 5) is 7.98. The Kier molecular flexibility index (Phi) is 3.97. The van der Waals surface area contributed by atoms with E-state index in [9.17, 15) is 8.42 Å². The van der Waals surface area contributed by atoms with E-state index in [2.05, 4.69) is 19.8 Å². The molecule has 2 aromatic rings. The summed E-state index contributed by atoms with van der Waals surface area (Å²) >= 11 is 0. The summed E-state index contributed by atoms with van der Waals surface area (Å²) in [5.74, 6) is 0.391. The Balaban J connectivity index is 1.84. The molecule has 0 radical (unpaired) electrons. The summed E-state index contributed by atoms with van der Waals surface area (Å²) in [7, 11) is -3.76. The molecule has 22 heavy (non-hydrogen) atoms. The van der Waals surface area contributed by atoms with Crippen LogP contribution in [0.4, 0.5) is 5.82 Å². The van der Waals surface area contributed by atoms with Crippen molar-refractivity contribution in [2.24, 2.45) is 0 Å². The van der Waals surface area contributed by atoms with Crippen LogP contribution in [-0.2, 0) is 10.0 Å². The van der Waals surface area contributed by atoms with Crippen LogP contribution in [0, 0.1) is 0 Å². The summed E-state index contributed by atoms with van der Waals surface area (Å²) in [5, 5.41) is 4.27. The standard InChI is InChI=1S/C13H17N5O3S/c1-2-21-12-9-14-8-11(16-12)17-22(19,20)13-6-7-15-18(13)10-4-3-5-10/h6-10H,2-5H2,1H3,(H,16,17). The highest BCUT2D eigenvalue weighted by Crippen LogP contribution is 2.33. The fourth-order valence-electron chi connectivity index (χ4n) is 2.23. The molecule has 3 rings (SSSR count). The van der Waals surface area contributed by atoms with E-state index < -0.39 is 10.0 Å². The van der Waals surface area contributed by atoms with Crippen molar-refractivity contribution >= 4 is 15.8 Å². The zero-order chi connectivity index (χ0) is 15.6. The van der Waals surface area contributed by atoms with E-state index >= 15 is 0 Å². The molecular weight excluding hydrogens is 306 g/mol. The number of rotatable bonds is 6. The summed E-state index contributed by atoms with van der Waals surface area (Å²) < 4.78 is 34.2. The van der Waals surface area contributed by atoms with Crippen molar-refractivity contribution in [2.45, 2.75) is 37.3 Å². The van der Waals surface area contributed by atoms with Crippen LogP contribution in [0.2, 0.25) is 0 Å². The lowest BCUT2D eigenvalue weighted by atomic mass is 9.93. The molecular formula is C13H17N5O3S. The highest BCUT2D eigenvalue weighted by molar-refractivity contribution is 7.92. The van der Waals surface area contributed by atoms with Gasteiger partial charge in [-0.25, -0.2) is 4.68 Å². The molecule has 0 unspecified atom stereocenters. The third-order valence-corrected chi connectivity index (χ3v) is 4.83. The minimum Gasteiger partial charge on any atom is -0.477 e. The second-order valence-corrected chi connectivity index (χ2v) is 6.61. The van der Waals surface area contributed by atoms with E-state index in [1.165, 1.54) is 24.7 Å². The number of aromatic nitrogens is 4. The second-order valence-electron chi connectivity index (χ2n) is 4.98. The molecule has 2 heterocycles. The van der Waals surface area contributed by atoms with Crippen molar-refractivity contribution in [1.29, 1.82) is 0 Å². The average molecular weight is 323 g/mol. The van der Waals surface area contributed by atoms with Crippen LogP contribution in [0.25, 0.3) is 0 Å². The quantitative estimate of drug-likeness (QED) is 0.867. The van der Waals surface area contributed by atoms with Gasteiger partial charge in [0.2, 0.25) is 5.88 Å². The van der Waals surface area contributed by atoms with Gasteiger partial charge in [0.05, 0.1) is 31.2 Å². The van der Waals surface area contributed by atoms with Gasteiger partial charge in [-0.3, -0.25) is 9.71 Å². The van der Waals surface area contributed by atoms with E-state index in [0.717, 1.165) is 19.3 Å². The molecule has 9 heteroatoms. The molecule has 0 amide bonds. The first kappa shape index (κ1) is 14.8. The van der Waals surface area contributed by atoms with Gasteiger partial charge in [-0.1, -0.05) is 0 Å². The minimum atomic E-state index is -3.76. The number of nitrogens with one attached hydrogen (secondary N) is 1. The fraction of sp³-hybridized carbons (Fsp3) is 0.462. The molecule has 0 atom stereocenters. The van der Waals surface area contributed by atoms with Crippen LogP contribution in [0.3, 0.4) is 0 Å². The largest absolute Gasteiger partial charge is 0.477 e. The summed E-state index contributed by atoms with van der Waals surface area (Å²) in [6.07, 6.45) is 7.26. The van der Waals surface area contributed by atoms with Crippen LogP contribution >= 0.6 is 0 Å². The first-order chi connectivity index (χ1) is 10.6. The van der Waals surface area contributed by atoms with Gasteiger partial charge in [0, 0.05) is 0 Å². The van der Waals surface area contributed by atoms with Crippen LogP contribution in [0.5, 0.6) is 5.88 Å². The molecule has 1 fully saturated rings. The van der Waals surface area contributed by atoms with Crippen LogP contribution in [0.15, 0.2) is 29.7 Å². The monoisotopic (exact) mass is 323 g/mol. The van der Waals surface area contributed by atoms with Crippen LogP contribution in [-0.4, -0.2) is 34.8 Å². The Morgan fingerprint density at radius 1 is 1.41 bits per heavy atom. The SMILES string of the molecule is CCOc1cncc(NS(=O)(=O)c2ccnn2C2CCC2)n1. The molecule has 1 aliphatic rings. The summed E-state index contributed by atoms with van der Waals surface area (Å²) in [5.41, 5.74) is 0. The second kappa shape index (κ2) is 5.91. The Bertz CT molecular complexity index is 755. The number of hydrogen-bond acceptors (Lipinski definition) is 6. The molecule has 0 spiro atoms. The summed E-state index contributed by atoms with van der Waals surface area (Å²) in [6, 6.07) is 1.64. The third-order valence-electron chi connectivity index (χ3n) is 3.47. The van der Waals surface area contributed by atoms with E-state index in [-0.39, 0.29) is 22.8 Å². The molecule has 1 aliphatic carbocycles. The Hall–Kier alpha value is -2.16. The number of hydrogen-bond donors (Lipinski definition) is 1. The van der Waals surface area contributed by atoms with Crippen molar-refractivity contribution < 1.29 is 13.2 Å². The van der Waals surface area contributed by atoms with Gasteiger partial charge in [0.25, 0.3) is 10.0 Å². The lowest BCUT2D eigenvalue weighted by Gasteiger charge is -2.27. The number of anilines is 1. The highest BCUT2D eigenvalue weighted by atomic mass is 32.2. The Morgan fingerprint density at radius 2 is 2.23 bits per heavy atom. The van der Waals surface area contributed by atoms with Gasteiger partial charge in [-0.15, -0.1) is 0 Å². The predicted octanol–water partition coefficient (Wildman–Crippen LogP) is 1.60. The molecule has 1 N–H and O–H groups in total. The molecule has 8 nitrogen and oxygen atoms in total. The molecule has 0 aliphatic heterocycles. The van der Waals surface area contributed by atoms with E-state index in [0.29, 0.717) is 6.61 Å². The molecule has 2 aromatic heterocycles. The molecule has 0 saturated heterocycles. The van der Waals surface area contributed by atoms with Crippen molar-refractivity contribution in [3.63, 3.8) is 0 Å². The van der Waals surface area contributed by atoms with E-state index in [1.807, 2.05) is 6.92 Å². The topological polar surface area (TPSA) is 99.0 Å². The molecule has 0 bridgehead atoms. The number of nitrogens with zero attached hydrogens (tertiary/aromatic N) is 4. The Morgan fingerprint density at radius 3 is 2.91 bits per heavy atom. The van der Waals surface area contributed by atoms with Crippen molar-refractivity contribution in [2.75, 3.05) is 11.3 Å². The average Bonchev–Trinajstić information content (AvgIpc) is 2.87. The normalized spacial score (nSPS) is 15.3. The molecule has 118 valence electrons. The molecule has 0 aromatic carbocycles. The van der Waals surface area contributed by atoms with Gasteiger partial charge in [0.1, 0.15) is 0 Å². The van der Waals surface area contributed by atoms with E-state index in [4.69, 9.17) is 4.74 Å². The first-order valence-corrected chi connectivity index (χ1v) is 8.59. The first-order valence-electron chi connectivity index (χ1n) is 7.11. The maximum absolute atomic E-state index is 12.5. The fourth-order valence-corrected chi connectivity index (χ4v) is 3.39. The molecule has 1 saturated carbocycles. The lowest BCUT2D eigenvalue weighted by molar-refractivity contribution is 0.271. The van der Waals surface area contributed by atoms with E-state index in [1.54, 1.807) is 4.68 Å². The number of sulfonamides is 1.